The number of nitrogens with zero attached hydrogens (tertiary/aromatic N) is 2. The maximum Gasteiger partial charge on any atom is 0.237 e. The summed E-state index contributed by atoms with van der Waals surface area (Å²) in [4.78, 5) is 5.48. The van der Waals surface area contributed by atoms with Crippen LogP contribution in [0.25, 0.3) is 4.96 Å². The molecule has 0 radical (unpaired) electrons. The van der Waals surface area contributed by atoms with Crippen LogP contribution in [0.1, 0.15) is 25.0 Å². The van der Waals surface area contributed by atoms with E-state index in [1.807, 2.05) is 11.8 Å². The maximum atomic E-state index is 5.38. The summed E-state index contributed by atoms with van der Waals surface area (Å²) in [6.45, 7) is 0.826. The molecular weight excluding hydrogens is 278 g/mol. The van der Waals surface area contributed by atoms with E-state index in [-0.39, 0.29) is 0 Å². The van der Waals surface area contributed by atoms with Gasteiger partial charge in [-0.25, -0.2) is 0 Å². The van der Waals surface area contributed by atoms with Crippen molar-refractivity contribution < 1.29 is 4.74 Å². The first-order valence-electron chi connectivity index (χ1n) is 6.56. The fourth-order valence-electron chi connectivity index (χ4n) is 2.72. The van der Waals surface area contributed by atoms with Crippen molar-refractivity contribution >= 4 is 28.1 Å². The van der Waals surface area contributed by atoms with Crippen LogP contribution in [-0.2, 0) is 6.54 Å². The second-order valence-electron chi connectivity index (χ2n) is 4.87. The average molecular weight is 297 g/mol. The van der Waals surface area contributed by atoms with Crippen LogP contribution in [0.5, 0.6) is 5.88 Å². The lowest BCUT2D eigenvalue weighted by atomic mass is 10.2. The van der Waals surface area contributed by atoms with Crippen molar-refractivity contribution in [1.29, 1.82) is 0 Å². The second kappa shape index (κ2) is 5.73. The van der Waals surface area contributed by atoms with Crippen molar-refractivity contribution in [3.8, 4) is 5.88 Å². The van der Waals surface area contributed by atoms with E-state index >= 15 is 0 Å². The van der Waals surface area contributed by atoms with Crippen molar-refractivity contribution in [2.75, 3.05) is 13.4 Å². The first kappa shape index (κ1) is 13.3. The van der Waals surface area contributed by atoms with Gasteiger partial charge in [0, 0.05) is 29.4 Å². The van der Waals surface area contributed by atoms with Crippen LogP contribution in [0.2, 0.25) is 0 Å². The predicted octanol–water partition coefficient (Wildman–Crippen LogP) is 2.78. The summed E-state index contributed by atoms with van der Waals surface area (Å²) in [7, 11) is 1.69. The third-order valence-corrected chi connectivity index (χ3v) is 5.65. The largest absolute Gasteiger partial charge is 0.480 e. The van der Waals surface area contributed by atoms with Gasteiger partial charge in [0.2, 0.25) is 5.88 Å². The van der Waals surface area contributed by atoms with Crippen LogP contribution in [0, 0.1) is 0 Å². The minimum Gasteiger partial charge on any atom is -0.480 e. The SMILES string of the molecule is COc1nc2sccn2c1CNC1CCC(SC)C1. The molecule has 0 aromatic carbocycles. The average Bonchev–Trinajstić information content (AvgIpc) is 3.11. The Bertz CT molecular complexity index is 551. The Morgan fingerprint density at radius 1 is 1.58 bits per heavy atom. The fourth-order valence-corrected chi connectivity index (χ4v) is 4.24. The molecule has 1 aliphatic rings. The Kier molecular flexibility index (Phi) is 4.00. The minimum atomic E-state index is 0.631. The van der Waals surface area contributed by atoms with Crippen molar-refractivity contribution in [3.63, 3.8) is 0 Å². The Hall–Kier alpha value is -0.720. The van der Waals surface area contributed by atoms with Gasteiger partial charge in [-0.3, -0.25) is 4.40 Å². The molecule has 1 aliphatic carbocycles. The summed E-state index contributed by atoms with van der Waals surface area (Å²) >= 11 is 3.63. The molecule has 3 rings (SSSR count). The van der Waals surface area contributed by atoms with Gasteiger partial charge in [-0.2, -0.15) is 16.7 Å². The van der Waals surface area contributed by atoms with E-state index in [0.29, 0.717) is 6.04 Å². The molecule has 0 saturated heterocycles. The first-order valence-corrected chi connectivity index (χ1v) is 8.73. The normalized spacial score (nSPS) is 23.3. The van der Waals surface area contributed by atoms with Gasteiger partial charge in [0.25, 0.3) is 0 Å². The van der Waals surface area contributed by atoms with Crippen LogP contribution < -0.4 is 10.1 Å². The van der Waals surface area contributed by atoms with E-state index in [1.165, 1.54) is 19.3 Å². The maximum absolute atomic E-state index is 5.38. The highest BCUT2D eigenvalue weighted by molar-refractivity contribution is 7.99. The summed E-state index contributed by atoms with van der Waals surface area (Å²) in [5.74, 6) is 0.749. The number of hydrogen-bond donors (Lipinski definition) is 1. The zero-order chi connectivity index (χ0) is 13.2. The highest BCUT2D eigenvalue weighted by Crippen LogP contribution is 2.29. The standard InChI is InChI=1S/C13H19N3OS2/c1-17-12-11(16-5-6-19-13(16)15-12)8-14-9-3-4-10(7-9)18-2/h5-6,9-10,14H,3-4,7-8H2,1-2H3. The van der Waals surface area contributed by atoms with Gasteiger partial charge in [0.05, 0.1) is 7.11 Å². The number of thiazole rings is 1. The lowest BCUT2D eigenvalue weighted by molar-refractivity contribution is 0.390. The fraction of sp³-hybridized carbons (Fsp3) is 0.615. The minimum absolute atomic E-state index is 0.631. The van der Waals surface area contributed by atoms with Crippen LogP contribution >= 0.6 is 23.1 Å². The Labute approximate surface area is 121 Å². The number of rotatable bonds is 5. The molecule has 2 unspecified atom stereocenters. The summed E-state index contributed by atoms with van der Waals surface area (Å²) < 4.78 is 7.50. The van der Waals surface area contributed by atoms with E-state index in [2.05, 4.69) is 32.5 Å². The highest BCUT2D eigenvalue weighted by Gasteiger charge is 2.24. The predicted molar refractivity (Wildman–Crippen MR) is 81.4 cm³/mol. The molecule has 2 heterocycles. The summed E-state index contributed by atoms with van der Waals surface area (Å²) in [5, 5.41) is 6.54. The number of methoxy groups -OCH3 is 1. The molecule has 1 N–H and O–H groups in total. The molecule has 2 aromatic rings. The molecule has 0 amide bonds. The van der Waals surface area contributed by atoms with Crippen molar-refractivity contribution in [3.05, 3.63) is 17.3 Å². The number of imidazole rings is 1. The van der Waals surface area contributed by atoms with Crippen LogP contribution in [0.15, 0.2) is 11.6 Å². The zero-order valence-electron chi connectivity index (χ0n) is 11.3. The zero-order valence-corrected chi connectivity index (χ0v) is 12.9. The van der Waals surface area contributed by atoms with E-state index in [0.717, 1.165) is 28.3 Å². The molecule has 2 atom stereocenters. The second-order valence-corrected chi connectivity index (χ2v) is 6.88. The van der Waals surface area contributed by atoms with E-state index in [9.17, 15) is 0 Å². The number of thioether (sulfide) groups is 1. The summed E-state index contributed by atoms with van der Waals surface area (Å²) in [5.41, 5.74) is 1.13. The van der Waals surface area contributed by atoms with E-state index < -0.39 is 0 Å². The van der Waals surface area contributed by atoms with Crippen LogP contribution in [0.4, 0.5) is 0 Å². The molecule has 4 nitrogen and oxygen atoms in total. The lowest BCUT2D eigenvalue weighted by Crippen LogP contribution is -2.26. The molecule has 2 aromatic heterocycles. The number of ether oxygens (including phenoxy) is 1. The summed E-state index contributed by atoms with van der Waals surface area (Å²) in [6, 6.07) is 0.631. The van der Waals surface area contributed by atoms with Gasteiger partial charge in [-0.05, 0) is 25.5 Å². The Morgan fingerprint density at radius 2 is 2.47 bits per heavy atom. The Balaban J connectivity index is 1.69. The number of nitrogens with one attached hydrogen (secondary N) is 1. The first-order chi connectivity index (χ1) is 9.31. The molecule has 1 fully saturated rings. The molecule has 6 heteroatoms. The number of fused-ring (bicyclic) bond motifs is 1. The van der Waals surface area contributed by atoms with Crippen molar-refractivity contribution in [1.82, 2.24) is 14.7 Å². The molecule has 0 spiro atoms. The van der Waals surface area contributed by atoms with Gasteiger partial charge in [0.1, 0.15) is 5.69 Å². The quantitative estimate of drug-likeness (QED) is 0.921. The summed E-state index contributed by atoms with van der Waals surface area (Å²) in [6.07, 6.45) is 8.15. The third-order valence-electron chi connectivity index (χ3n) is 3.79. The van der Waals surface area contributed by atoms with Gasteiger partial charge in [-0.1, -0.05) is 0 Å². The monoisotopic (exact) mass is 297 g/mol. The molecule has 104 valence electrons. The van der Waals surface area contributed by atoms with Crippen molar-refractivity contribution in [2.45, 2.75) is 37.1 Å². The van der Waals surface area contributed by atoms with Gasteiger partial charge in [0.15, 0.2) is 4.96 Å². The van der Waals surface area contributed by atoms with Crippen LogP contribution in [0.3, 0.4) is 0 Å². The van der Waals surface area contributed by atoms with Crippen molar-refractivity contribution in [2.24, 2.45) is 0 Å². The molecule has 0 aliphatic heterocycles. The number of aromatic nitrogens is 2. The van der Waals surface area contributed by atoms with E-state index in [4.69, 9.17) is 4.74 Å². The molecule has 1 saturated carbocycles. The lowest BCUT2D eigenvalue weighted by Gasteiger charge is -2.12. The molecule has 0 bridgehead atoms. The van der Waals surface area contributed by atoms with Gasteiger partial charge >= 0.3 is 0 Å². The smallest absolute Gasteiger partial charge is 0.237 e. The van der Waals surface area contributed by atoms with Crippen LogP contribution in [-0.4, -0.2) is 34.0 Å². The number of hydrogen-bond acceptors (Lipinski definition) is 5. The van der Waals surface area contributed by atoms with Gasteiger partial charge < -0.3 is 10.1 Å². The van der Waals surface area contributed by atoms with E-state index in [1.54, 1.807) is 18.4 Å². The molecular formula is C13H19N3OS2. The Morgan fingerprint density at radius 3 is 3.21 bits per heavy atom. The van der Waals surface area contributed by atoms with Gasteiger partial charge in [-0.15, -0.1) is 11.3 Å². The third kappa shape index (κ3) is 2.61. The topological polar surface area (TPSA) is 38.6 Å². The molecule has 19 heavy (non-hydrogen) atoms. The highest BCUT2D eigenvalue weighted by atomic mass is 32.2.